The highest BCUT2D eigenvalue weighted by molar-refractivity contribution is 7.93. The van der Waals surface area contributed by atoms with Crippen molar-refractivity contribution in [1.29, 1.82) is 0 Å². The first-order chi connectivity index (χ1) is 16.1. The molecule has 0 unspecified atom stereocenters. The fraction of sp³-hybridized carbons (Fsp3) is 0.182. The fourth-order valence-corrected chi connectivity index (χ4v) is 5.55. The molecule has 12 heteroatoms. The van der Waals surface area contributed by atoms with E-state index in [1.54, 1.807) is 24.3 Å². The first-order valence-electron chi connectivity index (χ1n) is 9.73. The highest BCUT2D eigenvalue weighted by Gasteiger charge is 2.28. The van der Waals surface area contributed by atoms with Crippen molar-refractivity contribution in [3.8, 4) is 23.0 Å². The van der Waals surface area contributed by atoms with E-state index in [-0.39, 0.29) is 32.7 Å². The van der Waals surface area contributed by atoms with Crippen LogP contribution in [0.5, 0.6) is 23.0 Å². The van der Waals surface area contributed by atoms with E-state index >= 15 is 0 Å². The largest absolute Gasteiger partial charge is 0.497 e. The molecule has 3 aromatic rings. The van der Waals surface area contributed by atoms with Gasteiger partial charge in [-0.1, -0.05) is 0 Å². The summed E-state index contributed by atoms with van der Waals surface area (Å²) in [5.74, 6) is 0.897. The van der Waals surface area contributed by atoms with Crippen LogP contribution < -0.4 is 28.4 Å². The van der Waals surface area contributed by atoms with Crippen LogP contribution in [0.4, 0.5) is 11.4 Å². The summed E-state index contributed by atoms with van der Waals surface area (Å²) in [6.45, 7) is 0. The van der Waals surface area contributed by atoms with Crippen molar-refractivity contribution in [3.05, 3.63) is 60.7 Å². The predicted octanol–water partition coefficient (Wildman–Crippen LogP) is 3.32. The summed E-state index contributed by atoms with van der Waals surface area (Å²) in [7, 11) is -2.97. The summed E-state index contributed by atoms with van der Waals surface area (Å²) in [5.41, 5.74) is 0.499. The van der Waals surface area contributed by atoms with Crippen LogP contribution in [0.3, 0.4) is 0 Å². The number of methoxy groups -OCH3 is 4. The molecule has 0 saturated heterocycles. The zero-order valence-corrected chi connectivity index (χ0v) is 20.5. The third-order valence-corrected chi connectivity index (χ3v) is 7.52. The Bertz CT molecular complexity index is 1250. The quantitative estimate of drug-likeness (QED) is 0.427. The van der Waals surface area contributed by atoms with Crippen molar-refractivity contribution < 1.29 is 35.8 Å². The van der Waals surface area contributed by atoms with Crippen LogP contribution in [0, 0.1) is 0 Å². The Morgan fingerprint density at radius 1 is 0.529 bits per heavy atom. The van der Waals surface area contributed by atoms with Crippen molar-refractivity contribution in [2.24, 2.45) is 0 Å². The van der Waals surface area contributed by atoms with Gasteiger partial charge >= 0.3 is 0 Å². The third-order valence-electron chi connectivity index (χ3n) is 4.71. The van der Waals surface area contributed by atoms with E-state index < -0.39 is 20.0 Å². The number of anilines is 2. The van der Waals surface area contributed by atoms with E-state index in [1.807, 2.05) is 0 Å². The van der Waals surface area contributed by atoms with Crippen LogP contribution >= 0.6 is 0 Å². The lowest BCUT2D eigenvalue weighted by molar-refractivity contribution is 0.379. The molecule has 34 heavy (non-hydrogen) atoms. The van der Waals surface area contributed by atoms with Gasteiger partial charge < -0.3 is 18.9 Å². The van der Waals surface area contributed by atoms with Crippen molar-refractivity contribution in [1.82, 2.24) is 0 Å². The highest BCUT2D eigenvalue weighted by atomic mass is 32.2. The Morgan fingerprint density at radius 3 is 1.18 bits per heavy atom. The Morgan fingerprint density at radius 2 is 0.882 bits per heavy atom. The molecule has 3 rings (SSSR count). The molecule has 0 aliphatic heterocycles. The van der Waals surface area contributed by atoms with E-state index in [1.165, 1.54) is 58.8 Å². The molecule has 182 valence electrons. The van der Waals surface area contributed by atoms with E-state index in [9.17, 15) is 16.8 Å². The molecule has 0 spiro atoms. The lowest BCUT2D eigenvalue weighted by Crippen LogP contribution is -2.18. The number of sulfonamides is 2. The topological polar surface area (TPSA) is 129 Å². The maximum Gasteiger partial charge on any atom is 0.265 e. The predicted molar refractivity (Wildman–Crippen MR) is 127 cm³/mol. The number of rotatable bonds is 10. The van der Waals surface area contributed by atoms with Gasteiger partial charge in [0.1, 0.15) is 32.8 Å². The molecule has 0 aromatic heterocycles. The summed E-state index contributed by atoms with van der Waals surface area (Å²) >= 11 is 0. The van der Waals surface area contributed by atoms with Gasteiger partial charge in [0, 0.05) is 17.4 Å². The molecule has 0 fully saturated rings. The molecule has 0 aliphatic carbocycles. The van der Waals surface area contributed by atoms with Gasteiger partial charge in [0.2, 0.25) is 0 Å². The van der Waals surface area contributed by atoms with Crippen molar-refractivity contribution in [2.45, 2.75) is 9.79 Å². The second-order valence-corrected chi connectivity index (χ2v) is 10.1. The Balaban J connectivity index is 2.04. The zero-order valence-electron chi connectivity index (χ0n) is 18.9. The van der Waals surface area contributed by atoms with E-state index in [4.69, 9.17) is 18.9 Å². The van der Waals surface area contributed by atoms with Gasteiger partial charge in [0.15, 0.2) is 0 Å². The zero-order chi connectivity index (χ0) is 24.9. The lowest BCUT2D eigenvalue weighted by atomic mass is 10.3. The molecule has 0 amide bonds. The average molecular weight is 509 g/mol. The monoisotopic (exact) mass is 508 g/mol. The number of hydrogen-bond acceptors (Lipinski definition) is 8. The van der Waals surface area contributed by atoms with Crippen LogP contribution in [0.15, 0.2) is 70.5 Å². The maximum atomic E-state index is 13.2. The van der Waals surface area contributed by atoms with E-state index in [2.05, 4.69) is 9.44 Å². The second kappa shape index (κ2) is 10.1. The molecular formula is C22H24N2O8S2. The summed E-state index contributed by atoms with van der Waals surface area (Å²) < 4.78 is 78.0. The molecule has 0 bridgehead atoms. The van der Waals surface area contributed by atoms with Crippen molar-refractivity contribution in [3.63, 3.8) is 0 Å². The number of nitrogens with one attached hydrogen (secondary N) is 2. The lowest BCUT2D eigenvalue weighted by Gasteiger charge is -2.17. The molecule has 3 aromatic carbocycles. The highest BCUT2D eigenvalue weighted by Crippen LogP contribution is 2.36. The maximum absolute atomic E-state index is 13.2. The van der Waals surface area contributed by atoms with Gasteiger partial charge in [-0.3, -0.25) is 9.44 Å². The average Bonchev–Trinajstić information content (AvgIpc) is 2.83. The summed E-state index contributed by atoms with van der Waals surface area (Å²) in [6.07, 6.45) is 0. The van der Waals surface area contributed by atoms with Crippen molar-refractivity contribution >= 4 is 31.4 Å². The summed E-state index contributed by atoms with van der Waals surface area (Å²) in [6, 6.07) is 14.5. The summed E-state index contributed by atoms with van der Waals surface area (Å²) in [4.78, 5) is -0.775. The number of ether oxygens (including phenoxy) is 4. The normalized spacial score (nSPS) is 11.4. The SMILES string of the molecule is COc1ccc(NS(=O)(=O)c2cc(S(=O)(=O)Nc3ccc(OC)cc3)c(OC)cc2OC)cc1. The van der Waals surface area contributed by atoms with Crippen LogP contribution in [-0.2, 0) is 20.0 Å². The molecule has 10 nitrogen and oxygen atoms in total. The minimum atomic E-state index is -4.25. The first-order valence-corrected chi connectivity index (χ1v) is 12.7. The molecule has 0 atom stereocenters. The van der Waals surface area contributed by atoms with Gasteiger partial charge in [0.25, 0.3) is 20.0 Å². The van der Waals surface area contributed by atoms with Crippen molar-refractivity contribution in [2.75, 3.05) is 37.9 Å². The molecule has 0 saturated carbocycles. The van der Waals surface area contributed by atoms with E-state index in [0.717, 1.165) is 6.07 Å². The Labute approximate surface area is 198 Å². The van der Waals surface area contributed by atoms with Gasteiger partial charge in [-0.25, -0.2) is 16.8 Å². The Kier molecular flexibility index (Phi) is 7.42. The van der Waals surface area contributed by atoms with Gasteiger partial charge in [0.05, 0.1) is 28.4 Å². The minimum absolute atomic E-state index is 0.0961. The fourth-order valence-electron chi connectivity index (χ4n) is 3.00. The first kappa shape index (κ1) is 25.0. The third kappa shape index (κ3) is 5.46. The molecule has 0 heterocycles. The van der Waals surface area contributed by atoms with Crippen LogP contribution in [0.2, 0.25) is 0 Å². The molecule has 0 aliphatic rings. The van der Waals surface area contributed by atoms with Crippen LogP contribution in [-0.4, -0.2) is 45.3 Å². The number of hydrogen-bond donors (Lipinski definition) is 2. The standard InChI is InChI=1S/C22H24N2O8S2/c1-29-17-9-5-15(6-10-17)23-33(25,26)21-14-22(20(32-4)13-19(21)31-3)34(27,28)24-16-7-11-18(30-2)12-8-16/h5-14,23-24H,1-4H3. The van der Waals surface area contributed by atoms with Gasteiger partial charge in [-0.05, 0) is 54.6 Å². The van der Waals surface area contributed by atoms with Gasteiger partial charge in [-0.2, -0.15) is 0 Å². The molecule has 0 radical (unpaired) electrons. The summed E-state index contributed by atoms with van der Waals surface area (Å²) in [5, 5.41) is 0. The van der Waals surface area contributed by atoms with E-state index in [0.29, 0.717) is 11.5 Å². The number of benzene rings is 3. The second-order valence-electron chi connectivity index (χ2n) is 6.82. The Hall–Kier alpha value is -3.64. The molecular weight excluding hydrogens is 484 g/mol. The molecule has 2 N–H and O–H groups in total. The smallest absolute Gasteiger partial charge is 0.265 e. The van der Waals surface area contributed by atoms with Gasteiger partial charge in [-0.15, -0.1) is 0 Å². The minimum Gasteiger partial charge on any atom is -0.497 e. The van der Waals surface area contributed by atoms with Crippen LogP contribution in [0.1, 0.15) is 0 Å². The van der Waals surface area contributed by atoms with Crippen LogP contribution in [0.25, 0.3) is 0 Å².